The molecule has 0 aliphatic carbocycles. The molecule has 0 spiro atoms. The fourth-order valence-corrected chi connectivity index (χ4v) is 5.87. The number of likely N-dealkylation sites (tertiary alicyclic amines) is 1. The summed E-state index contributed by atoms with van der Waals surface area (Å²) in [6.45, 7) is 2.74. The van der Waals surface area contributed by atoms with Crippen LogP contribution in [0.15, 0.2) is 54.7 Å². The molecule has 1 saturated heterocycles. The summed E-state index contributed by atoms with van der Waals surface area (Å²) in [5.41, 5.74) is 2.85. The topological polar surface area (TPSA) is 82.9 Å². The summed E-state index contributed by atoms with van der Waals surface area (Å²) in [5, 5.41) is 22.4. The Bertz CT molecular complexity index is 1190. The largest absolute Gasteiger partial charge is 0.497 e. The van der Waals surface area contributed by atoms with Crippen LogP contribution in [-0.4, -0.2) is 52.8 Å². The van der Waals surface area contributed by atoms with Crippen LogP contribution in [-0.2, 0) is 11.2 Å². The Hall–Kier alpha value is -2.67. The van der Waals surface area contributed by atoms with Gasteiger partial charge >= 0.3 is 5.97 Å². The minimum Gasteiger partial charge on any atom is -0.497 e. The molecule has 1 fully saturated rings. The molecule has 3 atom stereocenters. The summed E-state index contributed by atoms with van der Waals surface area (Å²) in [6, 6.07) is 15.5. The van der Waals surface area contributed by atoms with Crippen LogP contribution >= 0.6 is 11.6 Å². The number of halogens is 1. The van der Waals surface area contributed by atoms with Gasteiger partial charge in [0.2, 0.25) is 0 Å². The zero-order valence-corrected chi connectivity index (χ0v) is 22.2. The number of carboxylic acid groups (broad SMARTS) is 1. The van der Waals surface area contributed by atoms with Gasteiger partial charge in [-0.15, -0.1) is 0 Å². The molecule has 1 aliphatic rings. The van der Waals surface area contributed by atoms with Crippen LogP contribution in [0.3, 0.4) is 0 Å². The second kappa shape index (κ2) is 13.2. The maximum absolute atomic E-state index is 11.6. The van der Waals surface area contributed by atoms with E-state index in [4.69, 9.17) is 16.3 Å². The summed E-state index contributed by atoms with van der Waals surface area (Å²) in [5.74, 6) is 0.363. The molecule has 0 bridgehead atoms. The normalized spacial score (nSPS) is 19.1. The third kappa shape index (κ3) is 7.44. The lowest BCUT2D eigenvalue weighted by molar-refractivity contribution is -0.139. The third-order valence-electron chi connectivity index (χ3n) is 7.69. The van der Waals surface area contributed by atoms with Gasteiger partial charge in [0.1, 0.15) is 5.75 Å². The Morgan fingerprint density at radius 1 is 1.19 bits per heavy atom. The lowest BCUT2D eigenvalue weighted by Crippen LogP contribution is -2.41. The number of pyridine rings is 1. The molecule has 0 amide bonds. The van der Waals surface area contributed by atoms with Gasteiger partial charge in [0.15, 0.2) is 0 Å². The number of aliphatic hydroxyl groups is 1. The molecule has 0 radical (unpaired) electrons. The maximum atomic E-state index is 11.6. The predicted molar refractivity (Wildman–Crippen MR) is 147 cm³/mol. The molecular weight excluding hydrogens is 488 g/mol. The number of carboxylic acids is 1. The van der Waals surface area contributed by atoms with E-state index in [1.54, 1.807) is 13.3 Å². The average molecular weight is 525 g/mol. The molecular formula is C30H37ClN2O4. The fraction of sp³-hybridized carbons (Fsp3) is 0.467. The predicted octanol–water partition coefficient (Wildman–Crippen LogP) is 6.15. The van der Waals surface area contributed by atoms with Gasteiger partial charge in [-0.05, 0) is 105 Å². The van der Waals surface area contributed by atoms with Crippen molar-refractivity contribution in [3.63, 3.8) is 0 Å². The number of hydrogen-bond acceptors (Lipinski definition) is 5. The number of rotatable bonds is 12. The van der Waals surface area contributed by atoms with E-state index in [2.05, 4.69) is 16.0 Å². The van der Waals surface area contributed by atoms with E-state index in [1.165, 1.54) is 5.56 Å². The van der Waals surface area contributed by atoms with Gasteiger partial charge in [0.25, 0.3) is 0 Å². The summed E-state index contributed by atoms with van der Waals surface area (Å²) in [7, 11) is 1.63. The van der Waals surface area contributed by atoms with Crippen LogP contribution in [0.1, 0.15) is 55.8 Å². The van der Waals surface area contributed by atoms with Crippen molar-refractivity contribution in [3.05, 3.63) is 70.9 Å². The van der Waals surface area contributed by atoms with Crippen molar-refractivity contribution in [3.8, 4) is 5.75 Å². The van der Waals surface area contributed by atoms with Crippen LogP contribution < -0.4 is 4.74 Å². The van der Waals surface area contributed by atoms with Gasteiger partial charge in [-0.2, -0.15) is 0 Å². The maximum Gasteiger partial charge on any atom is 0.303 e. The summed E-state index contributed by atoms with van der Waals surface area (Å²) in [4.78, 5) is 18.5. The lowest BCUT2D eigenvalue weighted by atomic mass is 9.79. The molecule has 1 aromatic heterocycles. The van der Waals surface area contributed by atoms with Crippen LogP contribution in [0.25, 0.3) is 10.9 Å². The molecule has 2 aromatic carbocycles. The summed E-state index contributed by atoms with van der Waals surface area (Å²) in [6.07, 6.45) is 6.70. The first kappa shape index (κ1) is 27.4. The Labute approximate surface area is 224 Å². The Balaban J connectivity index is 1.31. The van der Waals surface area contributed by atoms with E-state index < -0.39 is 12.1 Å². The second-order valence-electron chi connectivity index (χ2n) is 10.1. The quantitative estimate of drug-likeness (QED) is 0.277. The minimum absolute atomic E-state index is 0.0938. The summed E-state index contributed by atoms with van der Waals surface area (Å²) < 4.78 is 5.36. The van der Waals surface area contributed by atoms with Crippen molar-refractivity contribution in [2.45, 2.75) is 51.0 Å². The molecule has 7 heteroatoms. The van der Waals surface area contributed by atoms with E-state index >= 15 is 0 Å². The number of methoxy groups -OCH3 is 1. The smallest absolute Gasteiger partial charge is 0.303 e. The number of ether oxygens (including phenoxy) is 1. The zero-order chi connectivity index (χ0) is 26.2. The number of aryl methyl sites for hydroxylation is 1. The third-order valence-corrected chi connectivity index (χ3v) is 8.06. The van der Waals surface area contributed by atoms with Gasteiger partial charge in [0.05, 0.1) is 18.7 Å². The van der Waals surface area contributed by atoms with Crippen molar-refractivity contribution >= 4 is 28.5 Å². The Morgan fingerprint density at radius 2 is 2.03 bits per heavy atom. The van der Waals surface area contributed by atoms with Gasteiger partial charge in [-0.1, -0.05) is 29.8 Å². The Kier molecular flexibility index (Phi) is 9.78. The van der Waals surface area contributed by atoms with E-state index in [1.807, 2.05) is 42.5 Å². The summed E-state index contributed by atoms with van der Waals surface area (Å²) >= 11 is 6.28. The first-order valence-corrected chi connectivity index (χ1v) is 13.6. The highest BCUT2D eigenvalue weighted by atomic mass is 35.5. The SMILES string of the molecule is COc1ccc2nccc([C@H](O)CC[C@@H]3CCN(CCCCc4ccccc4Cl)C[C@@H]3CC(=O)O)c2c1. The number of fused-ring (bicyclic) bond motifs is 1. The molecule has 198 valence electrons. The highest BCUT2D eigenvalue weighted by molar-refractivity contribution is 6.31. The molecule has 4 rings (SSSR count). The molecule has 0 saturated carbocycles. The number of hydrogen-bond donors (Lipinski definition) is 2. The zero-order valence-electron chi connectivity index (χ0n) is 21.5. The number of aromatic nitrogens is 1. The lowest BCUT2D eigenvalue weighted by Gasteiger charge is -2.38. The highest BCUT2D eigenvalue weighted by Gasteiger charge is 2.31. The molecule has 6 nitrogen and oxygen atoms in total. The number of aliphatic carboxylic acids is 1. The highest BCUT2D eigenvalue weighted by Crippen LogP contribution is 2.35. The first-order chi connectivity index (χ1) is 17.9. The first-order valence-electron chi connectivity index (χ1n) is 13.2. The minimum atomic E-state index is -0.747. The van der Waals surface area contributed by atoms with Crippen molar-refractivity contribution in [1.82, 2.24) is 9.88 Å². The molecule has 0 unspecified atom stereocenters. The van der Waals surface area contributed by atoms with E-state index in [0.717, 1.165) is 79.0 Å². The molecule has 3 aromatic rings. The average Bonchev–Trinajstić information content (AvgIpc) is 2.90. The van der Waals surface area contributed by atoms with Crippen LogP contribution in [0.4, 0.5) is 0 Å². The number of aliphatic hydroxyl groups excluding tert-OH is 1. The van der Waals surface area contributed by atoms with Crippen LogP contribution in [0.5, 0.6) is 5.75 Å². The standard InChI is InChI=1S/C30H37ClN2O4/c1-37-24-10-11-28-26(19-24)25(13-15-32-28)29(34)12-9-21-14-17-33(20-23(21)18-30(35)36)16-5-4-7-22-6-2-3-8-27(22)31/h2-3,6,8,10-11,13,15,19,21,23,29,34H,4-5,7,9,12,14,16-18,20H2,1H3,(H,35,36)/t21-,23+,29-/m1/s1. The molecule has 37 heavy (non-hydrogen) atoms. The van der Waals surface area contributed by atoms with Gasteiger partial charge in [-0.25, -0.2) is 0 Å². The Morgan fingerprint density at radius 3 is 2.81 bits per heavy atom. The van der Waals surface area contributed by atoms with Crippen LogP contribution in [0.2, 0.25) is 5.02 Å². The van der Waals surface area contributed by atoms with Crippen LogP contribution in [0, 0.1) is 11.8 Å². The molecule has 2 heterocycles. The van der Waals surface area contributed by atoms with Crippen molar-refractivity contribution < 1.29 is 19.7 Å². The molecule has 1 aliphatic heterocycles. The number of benzene rings is 2. The van der Waals surface area contributed by atoms with E-state index in [9.17, 15) is 15.0 Å². The van der Waals surface area contributed by atoms with E-state index in [-0.39, 0.29) is 18.3 Å². The van der Waals surface area contributed by atoms with Crippen molar-refractivity contribution in [1.29, 1.82) is 0 Å². The second-order valence-corrected chi connectivity index (χ2v) is 10.5. The number of piperidine rings is 1. The van der Waals surface area contributed by atoms with Crippen molar-refractivity contribution in [2.24, 2.45) is 11.8 Å². The van der Waals surface area contributed by atoms with Gasteiger partial charge in [0, 0.05) is 29.6 Å². The van der Waals surface area contributed by atoms with Gasteiger partial charge in [-0.3, -0.25) is 9.78 Å². The van der Waals surface area contributed by atoms with Crippen molar-refractivity contribution in [2.75, 3.05) is 26.7 Å². The molecule has 2 N–H and O–H groups in total. The number of unbranched alkanes of at least 4 members (excludes halogenated alkanes) is 1. The fourth-order valence-electron chi connectivity index (χ4n) is 5.64. The van der Waals surface area contributed by atoms with E-state index in [0.29, 0.717) is 6.42 Å². The number of nitrogens with zero attached hydrogens (tertiary/aromatic N) is 2. The monoisotopic (exact) mass is 524 g/mol. The van der Waals surface area contributed by atoms with Gasteiger partial charge < -0.3 is 19.8 Å². The number of carbonyl (C=O) groups is 1.